The Hall–Kier alpha value is -3.59. The zero-order valence-electron chi connectivity index (χ0n) is 14.2. The van der Waals surface area contributed by atoms with Crippen molar-refractivity contribution in [2.75, 3.05) is 7.11 Å². The van der Waals surface area contributed by atoms with Crippen LogP contribution in [0.4, 0.5) is 0 Å². The minimum Gasteiger partial charge on any atom is -0.507 e. The number of fused-ring (bicyclic) bond motifs is 1. The highest BCUT2D eigenvalue weighted by atomic mass is 16.5. The number of ether oxygens (including phenoxy) is 1. The number of carbonyl (C=O) groups excluding carboxylic acids is 1. The maximum Gasteiger partial charge on any atom is 0.282 e. The Morgan fingerprint density at radius 3 is 2.88 bits per heavy atom. The van der Waals surface area contributed by atoms with Crippen molar-refractivity contribution < 1.29 is 14.6 Å². The number of methoxy groups -OCH3 is 1. The standard InChI is InChI=1S/C20H17N3O3/c1-26-15-7-9-19(24)14(10-15)12-22-23-20(25)18(11-21)17-8-6-13-4-2-3-5-16(13)17/h2-5,7,9-10,12,24H,6,8H2,1H3,(H,23,25)/b18-17?,22-12+. The predicted octanol–water partition coefficient (Wildman–Crippen LogP) is 2.77. The zero-order valence-corrected chi connectivity index (χ0v) is 14.2. The van der Waals surface area contributed by atoms with Gasteiger partial charge in [-0.1, -0.05) is 24.3 Å². The van der Waals surface area contributed by atoms with Crippen LogP contribution in [0.2, 0.25) is 0 Å². The van der Waals surface area contributed by atoms with Crippen LogP contribution in [0, 0.1) is 11.3 Å². The molecule has 2 aromatic rings. The second-order valence-electron chi connectivity index (χ2n) is 5.75. The number of benzene rings is 2. The largest absolute Gasteiger partial charge is 0.507 e. The van der Waals surface area contributed by atoms with E-state index in [1.165, 1.54) is 19.4 Å². The van der Waals surface area contributed by atoms with E-state index in [1.807, 2.05) is 30.3 Å². The predicted molar refractivity (Wildman–Crippen MR) is 97.7 cm³/mol. The number of rotatable bonds is 4. The summed E-state index contributed by atoms with van der Waals surface area (Å²) in [4.78, 5) is 12.4. The van der Waals surface area contributed by atoms with E-state index in [4.69, 9.17) is 4.74 Å². The number of hydrogen-bond donors (Lipinski definition) is 2. The molecule has 130 valence electrons. The van der Waals surface area contributed by atoms with Gasteiger partial charge < -0.3 is 9.84 Å². The van der Waals surface area contributed by atoms with Crippen LogP contribution in [0.1, 0.15) is 23.1 Å². The number of amides is 1. The fraction of sp³-hybridized carbons (Fsp3) is 0.150. The van der Waals surface area contributed by atoms with E-state index < -0.39 is 5.91 Å². The fourth-order valence-electron chi connectivity index (χ4n) is 2.92. The molecule has 0 aliphatic heterocycles. The molecule has 0 saturated heterocycles. The first-order valence-electron chi connectivity index (χ1n) is 8.06. The molecule has 2 aromatic carbocycles. The minimum atomic E-state index is -0.571. The highest BCUT2D eigenvalue weighted by molar-refractivity contribution is 6.06. The smallest absolute Gasteiger partial charge is 0.282 e. The van der Waals surface area contributed by atoms with E-state index in [0.29, 0.717) is 17.7 Å². The number of carbonyl (C=O) groups is 1. The number of phenolic OH excluding ortho intramolecular Hbond substituents is 1. The summed E-state index contributed by atoms with van der Waals surface area (Å²) < 4.78 is 5.08. The van der Waals surface area contributed by atoms with Crippen LogP contribution in [0.3, 0.4) is 0 Å². The molecular weight excluding hydrogens is 330 g/mol. The quantitative estimate of drug-likeness (QED) is 0.385. The van der Waals surface area contributed by atoms with Crippen molar-refractivity contribution >= 4 is 17.7 Å². The summed E-state index contributed by atoms with van der Waals surface area (Å²) in [5, 5.41) is 23.1. The second-order valence-corrected chi connectivity index (χ2v) is 5.75. The molecule has 0 unspecified atom stereocenters. The number of nitrogens with one attached hydrogen (secondary N) is 1. The van der Waals surface area contributed by atoms with E-state index >= 15 is 0 Å². The van der Waals surface area contributed by atoms with Crippen LogP contribution < -0.4 is 10.2 Å². The topological polar surface area (TPSA) is 94.7 Å². The number of nitriles is 1. The fourth-order valence-corrected chi connectivity index (χ4v) is 2.92. The van der Waals surface area contributed by atoms with Gasteiger partial charge in [-0.15, -0.1) is 0 Å². The second kappa shape index (κ2) is 7.53. The summed E-state index contributed by atoms with van der Waals surface area (Å²) in [6.07, 6.45) is 2.76. The number of allylic oxidation sites excluding steroid dienone is 1. The number of hydrazone groups is 1. The molecule has 26 heavy (non-hydrogen) atoms. The molecule has 1 amide bonds. The molecule has 0 fully saturated rings. The normalized spacial score (nSPS) is 14.6. The lowest BCUT2D eigenvalue weighted by atomic mass is 10.0. The molecule has 2 N–H and O–H groups in total. The van der Waals surface area contributed by atoms with Crippen molar-refractivity contribution in [3.8, 4) is 17.6 Å². The monoisotopic (exact) mass is 347 g/mol. The van der Waals surface area contributed by atoms with E-state index in [9.17, 15) is 15.2 Å². The molecule has 0 spiro atoms. The van der Waals surface area contributed by atoms with Crippen LogP contribution in [0.5, 0.6) is 11.5 Å². The van der Waals surface area contributed by atoms with E-state index in [2.05, 4.69) is 10.5 Å². The van der Waals surface area contributed by atoms with Crippen molar-refractivity contribution in [3.63, 3.8) is 0 Å². The Morgan fingerprint density at radius 1 is 1.31 bits per heavy atom. The van der Waals surface area contributed by atoms with Gasteiger partial charge in [-0.05, 0) is 47.7 Å². The molecule has 0 heterocycles. The van der Waals surface area contributed by atoms with Crippen LogP contribution in [-0.2, 0) is 11.2 Å². The van der Waals surface area contributed by atoms with Gasteiger partial charge in [-0.25, -0.2) is 5.43 Å². The first-order valence-corrected chi connectivity index (χ1v) is 8.06. The lowest BCUT2D eigenvalue weighted by molar-refractivity contribution is -0.117. The van der Waals surface area contributed by atoms with Gasteiger partial charge in [0.1, 0.15) is 23.1 Å². The number of hydrogen-bond acceptors (Lipinski definition) is 5. The third kappa shape index (κ3) is 3.42. The molecule has 0 atom stereocenters. The van der Waals surface area contributed by atoms with Crippen LogP contribution >= 0.6 is 0 Å². The maximum absolute atomic E-state index is 12.4. The summed E-state index contributed by atoms with van der Waals surface area (Å²) in [6.45, 7) is 0. The zero-order chi connectivity index (χ0) is 18.5. The number of phenols is 1. The average molecular weight is 347 g/mol. The molecule has 1 aliphatic rings. The molecule has 3 rings (SSSR count). The summed E-state index contributed by atoms with van der Waals surface area (Å²) >= 11 is 0. The number of aryl methyl sites for hydroxylation is 1. The molecule has 0 radical (unpaired) electrons. The van der Waals surface area contributed by atoms with Gasteiger partial charge in [-0.3, -0.25) is 4.79 Å². The van der Waals surface area contributed by atoms with Gasteiger partial charge in [-0.2, -0.15) is 10.4 Å². The SMILES string of the molecule is COc1ccc(O)c(/C=N/NC(=O)C(C#N)=C2CCc3ccccc32)c1. The third-order valence-corrected chi connectivity index (χ3v) is 4.23. The van der Waals surface area contributed by atoms with Crippen LogP contribution in [0.25, 0.3) is 5.57 Å². The molecule has 0 bridgehead atoms. The van der Waals surface area contributed by atoms with Gasteiger partial charge in [0.2, 0.25) is 0 Å². The van der Waals surface area contributed by atoms with E-state index in [1.54, 1.807) is 12.1 Å². The van der Waals surface area contributed by atoms with Crippen molar-refractivity contribution in [2.24, 2.45) is 5.10 Å². The lowest BCUT2D eigenvalue weighted by Gasteiger charge is -2.05. The van der Waals surface area contributed by atoms with Gasteiger partial charge in [0.05, 0.1) is 13.3 Å². The van der Waals surface area contributed by atoms with E-state index in [0.717, 1.165) is 23.1 Å². The van der Waals surface area contributed by atoms with Gasteiger partial charge in [0.15, 0.2) is 0 Å². The third-order valence-electron chi connectivity index (χ3n) is 4.23. The number of aromatic hydroxyl groups is 1. The molecular formula is C20H17N3O3. The molecule has 1 aliphatic carbocycles. The maximum atomic E-state index is 12.4. The van der Waals surface area contributed by atoms with Crippen molar-refractivity contribution in [2.45, 2.75) is 12.8 Å². The average Bonchev–Trinajstić information content (AvgIpc) is 3.08. The highest BCUT2D eigenvalue weighted by Crippen LogP contribution is 2.34. The van der Waals surface area contributed by atoms with Crippen molar-refractivity contribution in [3.05, 3.63) is 64.7 Å². The van der Waals surface area contributed by atoms with Crippen LogP contribution in [-0.4, -0.2) is 24.3 Å². The highest BCUT2D eigenvalue weighted by Gasteiger charge is 2.23. The Balaban J connectivity index is 1.80. The Bertz CT molecular complexity index is 955. The first-order chi connectivity index (χ1) is 12.6. The van der Waals surface area contributed by atoms with Gasteiger partial charge >= 0.3 is 0 Å². The Morgan fingerprint density at radius 2 is 2.12 bits per heavy atom. The van der Waals surface area contributed by atoms with Gasteiger partial charge in [0, 0.05) is 5.56 Å². The summed E-state index contributed by atoms with van der Waals surface area (Å²) in [5.41, 5.74) is 5.61. The molecule has 0 saturated carbocycles. The van der Waals surface area contributed by atoms with E-state index in [-0.39, 0.29) is 11.3 Å². The Labute approximate surface area is 151 Å². The molecule has 6 heteroatoms. The summed E-state index contributed by atoms with van der Waals surface area (Å²) in [6, 6.07) is 14.4. The Kier molecular flexibility index (Phi) is 4.99. The summed E-state index contributed by atoms with van der Waals surface area (Å²) in [5.74, 6) is -0.0109. The van der Waals surface area contributed by atoms with Gasteiger partial charge in [0.25, 0.3) is 5.91 Å². The number of nitrogens with zero attached hydrogens (tertiary/aromatic N) is 2. The van der Waals surface area contributed by atoms with Crippen molar-refractivity contribution in [1.29, 1.82) is 5.26 Å². The summed E-state index contributed by atoms with van der Waals surface area (Å²) in [7, 11) is 1.51. The molecule has 0 aromatic heterocycles. The minimum absolute atomic E-state index is 0.00683. The first kappa shape index (κ1) is 17.2. The van der Waals surface area contributed by atoms with Crippen LogP contribution in [0.15, 0.2) is 53.1 Å². The van der Waals surface area contributed by atoms with Crippen molar-refractivity contribution in [1.82, 2.24) is 5.43 Å². The molecule has 6 nitrogen and oxygen atoms in total. The lowest BCUT2D eigenvalue weighted by Crippen LogP contribution is -2.20.